The maximum absolute atomic E-state index is 10.5. The van der Waals surface area contributed by atoms with E-state index in [1.165, 1.54) is 36.8 Å². The van der Waals surface area contributed by atoms with Crippen molar-refractivity contribution in [3.05, 3.63) is 35.4 Å². The molecule has 1 atom stereocenters. The van der Waals surface area contributed by atoms with E-state index in [4.69, 9.17) is 0 Å². The maximum Gasteiger partial charge on any atom is 0.0687 e. The molecule has 1 heteroatoms. The molecule has 1 aromatic rings. The highest BCUT2D eigenvalue weighted by atomic mass is 16.3. The fourth-order valence-corrected chi connectivity index (χ4v) is 2.81. The number of aryl methyl sites for hydroxylation is 1. The van der Waals surface area contributed by atoms with Crippen molar-refractivity contribution in [3.8, 4) is 0 Å². The molecule has 1 saturated carbocycles. The van der Waals surface area contributed by atoms with Crippen LogP contribution in [0.3, 0.4) is 0 Å². The van der Waals surface area contributed by atoms with Crippen LogP contribution in [0.25, 0.3) is 0 Å². The molecule has 2 rings (SSSR count). The quantitative estimate of drug-likeness (QED) is 0.823. The van der Waals surface area contributed by atoms with E-state index in [0.29, 0.717) is 5.92 Å². The molecule has 0 aliphatic heterocycles. The molecular weight excluding hydrogens is 196 g/mol. The molecule has 0 amide bonds. The van der Waals surface area contributed by atoms with Crippen molar-refractivity contribution in [2.45, 2.75) is 51.6 Å². The third kappa shape index (κ3) is 2.65. The normalized spacial score (nSPS) is 20.9. The summed E-state index contributed by atoms with van der Waals surface area (Å²) in [7, 11) is 0. The first kappa shape index (κ1) is 11.7. The fourth-order valence-electron chi connectivity index (χ4n) is 2.81. The zero-order valence-corrected chi connectivity index (χ0v) is 10.4. The van der Waals surface area contributed by atoms with Gasteiger partial charge in [-0.25, -0.2) is 0 Å². The topological polar surface area (TPSA) is 20.2 Å². The summed E-state index contributed by atoms with van der Waals surface area (Å²) >= 11 is 0. The Kier molecular flexibility index (Phi) is 3.34. The molecule has 1 nitrogen and oxygen atoms in total. The molecule has 1 aliphatic carbocycles. The summed E-state index contributed by atoms with van der Waals surface area (Å²) in [5, 5.41) is 10.5. The van der Waals surface area contributed by atoms with E-state index in [-0.39, 0.29) is 0 Å². The number of hydrogen-bond donors (Lipinski definition) is 1. The van der Waals surface area contributed by atoms with Gasteiger partial charge in [-0.05, 0) is 38.2 Å². The van der Waals surface area contributed by atoms with Crippen LogP contribution < -0.4 is 0 Å². The molecule has 1 N–H and O–H groups in total. The molecule has 0 spiro atoms. The van der Waals surface area contributed by atoms with Gasteiger partial charge < -0.3 is 5.11 Å². The smallest absolute Gasteiger partial charge is 0.0687 e. The van der Waals surface area contributed by atoms with Gasteiger partial charge in [-0.15, -0.1) is 0 Å². The largest absolute Gasteiger partial charge is 0.390 e. The predicted molar refractivity (Wildman–Crippen MR) is 67.5 cm³/mol. The first-order valence-electron chi connectivity index (χ1n) is 6.36. The Morgan fingerprint density at radius 1 is 1.19 bits per heavy atom. The van der Waals surface area contributed by atoms with Gasteiger partial charge in [0, 0.05) is 6.42 Å². The molecule has 0 aromatic heterocycles. The molecule has 88 valence electrons. The van der Waals surface area contributed by atoms with Gasteiger partial charge in [0.05, 0.1) is 5.60 Å². The van der Waals surface area contributed by atoms with Gasteiger partial charge in [-0.1, -0.05) is 42.7 Å². The van der Waals surface area contributed by atoms with Crippen LogP contribution in [0.5, 0.6) is 0 Å². The number of aliphatic hydroxyl groups is 1. The van der Waals surface area contributed by atoms with Crippen LogP contribution in [0.4, 0.5) is 0 Å². The molecule has 1 aromatic carbocycles. The van der Waals surface area contributed by atoms with Crippen LogP contribution in [0.2, 0.25) is 0 Å². The Labute approximate surface area is 98.5 Å². The lowest BCUT2D eigenvalue weighted by molar-refractivity contribution is 0.00193. The SMILES string of the molecule is Cc1ccc(C[C@@](C)(O)C2CCCC2)cc1. The Morgan fingerprint density at radius 2 is 1.75 bits per heavy atom. The molecule has 0 saturated heterocycles. The van der Waals surface area contributed by atoms with Gasteiger partial charge in [-0.3, -0.25) is 0 Å². The molecule has 1 fully saturated rings. The summed E-state index contributed by atoms with van der Waals surface area (Å²) in [4.78, 5) is 0. The predicted octanol–water partition coefficient (Wildman–Crippen LogP) is 3.48. The summed E-state index contributed by atoms with van der Waals surface area (Å²) in [5.41, 5.74) is 2.01. The van der Waals surface area contributed by atoms with Crippen molar-refractivity contribution < 1.29 is 5.11 Å². The van der Waals surface area contributed by atoms with E-state index in [2.05, 4.69) is 31.2 Å². The van der Waals surface area contributed by atoms with Crippen molar-refractivity contribution in [1.82, 2.24) is 0 Å². The average Bonchev–Trinajstić information content (AvgIpc) is 2.75. The van der Waals surface area contributed by atoms with Crippen LogP contribution in [0, 0.1) is 12.8 Å². The number of rotatable bonds is 3. The van der Waals surface area contributed by atoms with E-state index in [1.807, 2.05) is 6.92 Å². The molecular formula is C15H22O. The van der Waals surface area contributed by atoms with Crippen LogP contribution in [0.15, 0.2) is 24.3 Å². The molecule has 0 bridgehead atoms. The average molecular weight is 218 g/mol. The van der Waals surface area contributed by atoms with Crippen molar-refractivity contribution in [2.75, 3.05) is 0 Å². The fraction of sp³-hybridized carbons (Fsp3) is 0.600. The minimum absolute atomic E-state index is 0.494. The molecule has 0 radical (unpaired) electrons. The zero-order valence-electron chi connectivity index (χ0n) is 10.4. The number of benzene rings is 1. The van der Waals surface area contributed by atoms with Crippen LogP contribution in [-0.2, 0) is 6.42 Å². The van der Waals surface area contributed by atoms with Gasteiger partial charge in [-0.2, -0.15) is 0 Å². The standard InChI is InChI=1S/C15H22O/c1-12-7-9-13(10-8-12)11-15(2,16)14-5-3-4-6-14/h7-10,14,16H,3-6,11H2,1-2H3/t15-/m1/s1. The monoisotopic (exact) mass is 218 g/mol. The second-order valence-electron chi connectivity index (χ2n) is 5.50. The Balaban J connectivity index is 2.04. The van der Waals surface area contributed by atoms with Crippen molar-refractivity contribution in [3.63, 3.8) is 0 Å². The second-order valence-corrected chi connectivity index (χ2v) is 5.50. The van der Waals surface area contributed by atoms with E-state index in [1.54, 1.807) is 0 Å². The first-order valence-corrected chi connectivity index (χ1v) is 6.36. The summed E-state index contributed by atoms with van der Waals surface area (Å²) in [5.74, 6) is 0.494. The van der Waals surface area contributed by atoms with Gasteiger partial charge in [0.2, 0.25) is 0 Å². The van der Waals surface area contributed by atoms with Gasteiger partial charge in [0.1, 0.15) is 0 Å². The van der Waals surface area contributed by atoms with Crippen molar-refractivity contribution >= 4 is 0 Å². The van der Waals surface area contributed by atoms with E-state index >= 15 is 0 Å². The molecule has 16 heavy (non-hydrogen) atoms. The Hall–Kier alpha value is -0.820. The minimum atomic E-state index is -0.522. The van der Waals surface area contributed by atoms with Crippen molar-refractivity contribution in [1.29, 1.82) is 0 Å². The summed E-state index contributed by atoms with van der Waals surface area (Å²) in [6.45, 7) is 4.10. The van der Waals surface area contributed by atoms with Crippen LogP contribution in [0.1, 0.15) is 43.7 Å². The third-order valence-electron chi connectivity index (χ3n) is 3.92. The molecule has 0 unspecified atom stereocenters. The highest BCUT2D eigenvalue weighted by molar-refractivity contribution is 5.22. The molecule has 1 aliphatic rings. The lowest BCUT2D eigenvalue weighted by Crippen LogP contribution is -2.35. The highest BCUT2D eigenvalue weighted by Gasteiger charge is 2.33. The zero-order chi connectivity index (χ0) is 11.6. The minimum Gasteiger partial charge on any atom is -0.390 e. The van der Waals surface area contributed by atoms with Crippen LogP contribution >= 0.6 is 0 Å². The highest BCUT2D eigenvalue weighted by Crippen LogP contribution is 2.35. The number of hydrogen-bond acceptors (Lipinski definition) is 1. The lowest BCUT2D eigenvalue weighted by atomic mass is 9.82. The summed E-state index contributed by atoms with van der Waals surface area (Å²) < 4.78 is 0. The lowest BCUT2D eigenvalue weighted by Gasteiger charge is -2.30. The molecule has 0 heterocycles. The van der Waals surface area contributed by atoms with Gasteiger partial charge >= 0.3 is 0 Å². The van der Waals surface area contributed by atoms with Crippen molar-refractivity contribution in [2.24, 2.45) is 5.92 Å². The van der Waals surface area contributed by atoms with E-state index in [9.17, 15) is 5.11 Å². The van der Waals surface area contributed by atoms with E-state index in [0.717, 1.165) is 6.42 Å². The van der Waals surface area contributed by atoms with Gasteiger partial charge in [0.25, 0.3) is 0 Å². The van der Waals surface area contributed by atoms with E-state index < -0.39 is 5.60 Å². The third-order valence-corrected chi connectivity index (χ3v) is 3.92. The van der Waals surface area contributed by atoms with Gasteiger partial charge in [0.15, 0.2) is 0 Å². The summed E-state index contributed by atoms with van der Waals surface area (Å²) in [6.07, 6.45) is 5.75. The van der Waals surface area contributed by atoms with Crippen LogP contribution in [-0.4, -0.2) is 10.7 Å². The Morgan fingerprint density at radius 3 is 2.31 bits per heavy atom. The summed E-state index contributed by atoms with van der Waals surface area (Å²) in [6, 6.07) is 8.53. The first-order chi connectivity index (χ1) is 7.58. The Bertz CT molecular complexity index is 331. The second kappa shape index (κ2) is 4.58. The maximum atomic E-state index is 10.5.